The molecule has 4 heteroatoms. The summed E-state index contributed by atoms with van der Waals surface area (Å²) in [7, 11) is 0. The van der Waals surface area contributed by atoms with Crippen molar-refractivity contribution in [1.29, 1.82) is 0 Å². The van der Waals surface area contributed by atoms with Crippen LogP contribution in [0.15, 0.2) is 16.6 Å². The highest BCUT2D eigenvalue weighted by atomic mass is 79.9. The number of hydrogen-bond donors (Lipinski definition) is 1. The maximum atomic E-state index is 11.5. The Labute approximate surface area is 111 Å². The molecule has 3 nitrogen and oxygen atoms in total. The summed E-state index contributed by atoms with van der Waals surface area (Å²) in [5, 5.41) is 2.72. The third-order valence-electron chi connectivity index (χ3n) is 2.23. The zero-order chi connectivity index (χ0) is 13.0. The molecule has 0 saturated heterocycles. The maximum absolute atomic E-state index is 11.5. The molecule has 1 rings (SSSR count). The predicted octanol–water partition coefficient (Wildman–Crippen LogP) is 4.27. The molecule has 1 aromatic rings. The van der Waals surface area contributed by atoms with E-state index in [2.05, 4.69) is 21.2 Å². The van der Waals surface area contributed by atoms with Gasteiger partial charge in [0.25, 0.3) is 0 Å². The van der Waals surface area contributed by atoms with Crippen LogP contribution in [0.5, 0.6) is 0 Å². The minimum atomic E-state index is -0.403. The van der Waals surface area contributed by atoms with Gasteiger partial charge in [-0.2, -0.15) is 0 Å². The molecule has 0 aliphatic carbocycles. The fourth-order valence-electron chi connectivity index (χ4n) is 1.41. The molecule has 0 unspecified atom stereocenters. The lowest BCUT2D eigenvalue weighted by Gasteiger charge is -2.11. The number of aryl methyl sites for hydroxylation is 2. The third kappa shape index (κ3) is 4.38. The average molecular weight is 300 g/mol. The zero-order valence-electron chi connectivity index (χ0n) is 10.6. The van der Waals surface area contributed by atoms with Crippen LogP contribution in [0.2, 0.25) is 0 Å². The number of anilines is 1. The monoisotopic (exact) mass is 299 g/mol. The fourth-order valence-corrected chi connectivity index (χ4v) is 1.64. The Morgan fingerprint density at radius 2 is 1.88 bits per heavy atom. The normalized spacial score (nSPS) is 10.5. The first-order valence-corrected chi connectivity index (χ1v) is 6.40. The van der Waals surface area contributed by atoms with Gasteiger partial charge in [0.05, 0.1) is 6.61 Å². The standard InChI is InChI=1S/C13H18BrNO2/c1-8(2)7-17-13(16)15-11-5-9(3)12(14)10(4)6-11/h5-6,8H,7H2,1-4H3,(H,15,16). The van der Waals surface area contributed by atoms with E-state index in [4.69, 9.17) is 4.74 Å². The second-order valence-electron chi connectivity index (χ2n) is 4.54. The number of amides is 1. The lowest BCUT2D eigenvalue weighted by Crippen LogP contribution is -2.16. The molecule has 0 aliphatic heterocycles. The van der Waals surface area contributed by atoms with Crippen LogP contribution in [-0.4, -0.2) is 12.7 Å². The molecule has 0 heterocycles. The van der Waals surface area contributed by atoms with Crippen LogP contribution >= 0.6 is 15.9 Å². The number of carbonyl (C=O) groups is 1. The minimum absolute atomic E-state index is 0.342. The predicted molar refractivity (Wildman–Crippen MR) is 73.4 cm³/mol. The van der Waals surface area contributed by atoms with E-state index in [0.717, 1.165) is 21.3 Å². The molecule has 1 aromatic carbocycles. The van der Waals surface area contributed by atoms with Gasteiger partial charge in [-0.1, -0.05) is 29.8 Å². The second-order valence-corrected chi connectivity index (χ2v) is 5.33. The number of rotatable bonds is 3. The van der Waals surface area contributed by atoms with E-state index in [1.165, 1.54) is 0 Å². The second kappa shape index (κ2) is 6.05. The molecule has 0 fully saturated rings. The van der Waals surface area contributed by atoms with E-state index < -0.39 is 6.09 Å². The van der Waals surface area contributed by atoms with Gasteiger partial charge < -0.3 is 4.74 Å². The van der Waals surface area contributed by atoms with Crippen LogP contribution in [0.4, 0.5) is 10.5 Å². The van der Waals surface area contributed by atoms with Crippen molar-refractivity contribution in [3.63, 3.8) is 0 Å². The van der Waals surface area contributed by atoms with E-state index in [9.17, 15) is 4.79 Å². The van der Waals surface area contributed by atoms with Crippen LogP contribution in [0.3, 0.4) is 0 Å². The molecule has 94 valence electrons. The lowest BCUT2D eigenvalue weighted by atomic mass is 10.1. The molecule has 1 amide bonds. The molecule has 0 radical (unpaired) electrons. The number of halogens is 1. The highest BCUT2D eigenvalue weighted by molar-refractivity contribution is 9.10. The number of carbonyl (C=O) groups excluding carboxylic acids is 1. The Balaban J connectivity index is 2.66. The van der Waals surface area contributed by atoms with Crippen molar-refractivity contribution < 1.29 is 9.53 Å². The third-order valence-corrected chi connectivity index (χ3v) is 3.48. The summed E-state index contributed by atoms with van der Waals surface area (Å²) in [4.78, 5) is 11.5. The Morgan fingerprint density at radius 1 is 1.35 bits per heavy atom. The lowest BCUT2D eigenvalue weighted by molar-refractivity contribution is 0.147. The first kappa shape index (κ1) is 14.0. The van der Waals surface area contributed by atoms with Gasteiger partial charge in [-0.05, 0) is 43.0 Å². The molecule has 0 saturated carbocycles. The van der Waals surface area contributed by atoms with Gasteiger partial charge in [0, 0.05) is 10.2 Å². The van der Waals surface area contributed by atoms with Crippen LogP contribution < -0.4 is 5.32 Å². The molecule has 0 atom stereocenters. The molecular weight excluding hydrogens is 282 g/mol. The van der Waals surface area contributed by atoms with Crippen molar-refractivity contribution >= 4 is 27.7 Å². The van der Waals surface area contributed by atoms with Gasteiger partial charge >= 0.3 is 6.09 Å². The number of ether oxygens (including phenoxy) is 1. The highest BCUT2D eigenvalue weighted by Gasteiger charge is 2.07. The van der Waals surface area contributed by atoms with Gasteiger partial charge in [0.15, 0.2) is 0 Å². The average Bonchev–Trinajstić information content (AvgIpc) is 2.23. The molecule has 0 spiro atoms. The van der Waals surface area contributed by atoms with Gasteiger partial charge in [-0.3, -0.25) is 5.32 Å². The number of nitrogens with one attached hydrogen (secondary N) is 1. The summed E-state index contributed by atoms with van der Waals surface area (Å²) >= 11 is 3.49. The summed E-state index contributed by atoms with van der Waals surface area (Å²) in [5.74, 6) is 0.342. The Morgan fingerprint density at radius 3 is 2.35 bits per heavy atom. The van der Waals surface area contributed by atoms with E-state index in [0.29, 0.717) is 12.5 Å². The largest absolute Gasteiger partial charge is 0.449 e. The summed E-state index contributed by atoms with van der Waals surface area (Å²) in [6, 6.07) is 3.82. The van der Waals surface area contributed by atoms with Gasteiger partial charge in [0.1, 0.15) is 0 Å². The van der Waals surface area contributed by atoms with E-state index in [-0.39, 0.29) is 0 Å². The molecule has 17 heavy (non-hydrogen) atoms. The number of benzene rings is 1. The van der Waals surface area contributed by atoms with Crippen molar-refractivity contribution in [2.24, 2.45) is 5.92 Å². The molecule has 1 N–H and O–H groups in total. The van der Waals surface area contributed by atoms with Crippen LogP contribution in [0.25, 0.3) is 0 Å². The quantitative estimate of drug-likeness (QED) is 0.905. The Hall–Kier alpha value is -1.03. The van der Waals surface area contributed by atoms with Crippen LogP contribution in [0, 0.1) is 19.8 Å². The topological polar surface area (TPSA) is 38.3 Å². The Kier molecular flexibility index (Phi) is 5.00. The first-order valence-electron chi connectivity index (χ1n) is 5.60. The summed E-state index contributed by atoms with van der Waals surface area (Å²) in [6.07, 6.45) is -0.403. The molecule has 0 bridgehead atoms. The highest BCUT2D eigenvalue weighted by Crippen LogP contribution is 2.25. The van der Waals surface area contributed by atoms with Crippen molar-refractivity contribution in [1.82, 2.24) is 0 Å². The van der Waals surface area contributed by atoms with Gasteiger partial charge in [0.2, 0.25) is 0 Å². The van der Waals surface area contributed by atoms with Crippen molar-refractivity contribution in [3.8, 4) is 0 Å². The SMILES string of the molecule is Cc1cc(NC(=O)OCC(C)C)cc(C)c1Br. The van der Waals surface area contributed by atoms with Crippen molar-refractivity contribution in [3.05, 3.63) is 27.7 Å². The van der Waals surface area contributed by atoms with E-state index >= 15 is 0 Å². The van der Waals surface area contributed by atoms with E-state index in [1.54, 1.807) is 0 Å². The number of hydrogen-bond acceptors (Lipinski definition) is 2. The van der Waals surface area contributed by atoms with Crippen LogP contribution in [-0.2, 0) is 4.74 Å². The summed E-state index contributed by atoms with van der Waals surface area (Å²) in [5.41, 5.74) is 2.94. The van der Waals surface area contributed by atoms with Crippen LogP contribution in [0.1, 0.15) is 25.0 Å². The zero-order valence-corrected chi connectivity index (χ0v) is 12.2. The summed E-state index contributed by atoms with van der Waals surface area (Å²) < 4.78 is 6.12. The Bertz CT molecular complexity index is 393. The van der Waals surface area contributed by atoms with Crippen molar-refractivity contribution in [2.45, 2.75) is 27.7 Å². The fraction of sp³-hybridized carbons (Fsp3) is 0.462. The molecule has 0 aromatic heterocycles. The first-order chi connectivity index (χ1) is 7.90. The van der Waals surface area contributed by atoms with Gasteiger partial charge in [-0.15, -0.1) is 0 Å². The molecular formula is C13H18BrNO2. The smallest absolute Gasteiger partial charge is 0.411 e. The van der Waals surface area contributed by atoms with Crippen molar-refractivity contribution in [2.75, 3.05) is 11.9 Å². The van der Waals surface area contributed by atoms with Gasteiger partial charge in [-0.25, -0.2) is 4.79 Å². The van der Waals surface area contributed by atoms with E-state index in [1.807, 2.05) is 39.8 Å². The summed E-state index contributed by atoms with van der Waals surface area (Å²) in [6.45, 7) is 8.41. The minimum Gasteiger partial charge on any atom is -0.449 e. The maximum Gasteiger partial charge on any atom is 0.411 e. The molecule has 0 aliphatic rings.